The maximum Gasteiger partial charge on any atom is 0.158 e. The zero-order valence-corrected chi connectivity index (χ0v) is 61.5. The summed E-state index contributed by atoms with van der Waals surface area (Å²) in [5.41, 5.74) is 0. The molecule has 0 N–H and O–H groups in total. The number of Topliss-reactive ketones (excluding diaryl/α,β-unsaturated/α-hetero) is 1. The Morgan fingerprint density at radius 3 is 0.797 bits per heavy atom. The van der Waals surface area contributed by atoms with Gasteiger partial charge in [-0.2, -0.15) is 0 Å². The monoisotopic (exact) mass is 1100 g/mol. The molecule has 0 aromatic rings. The Hall–Kier alpha value is 2.15. The van der Waals surface area contributed by atoms with Crippen molar-refractivity contribution in [1.82, 2.24) is 0 Å². The van der Waals surface area contributed by atoms with Crippen molar-refractivity contribution >= 4 is 94.7 Å². The maximum atomic E-state index is 13.7. The second-order valence-electron chi connectivity index (χ2n) is 30.2. The Balaban J connectivity index is 8.07. The summed E-state index contributed by atoms with van der Waals surface area (Å²) in [7, 11) is -15.8. The van der Waals surface area contributed by atoms with Gasteiger partial charge in [0.15, 0.2) is 20.6 Å². The number of unbranched alkanes of at least 4 members (excludes halogenated alkanes) is 10. The third-order valence-corrected chi connectivity index (χ3v) is 218. The Labute approximate surface area is 414 Å². The van der Waals surface area contributed by atoms with E-state index in [4.69, 9.17) is 13.3 Å². The molecule has 0 amide bonds. The summed E-state index contributed by atoms with van der Waals surface area (Å²) in [4.78, 5) is 13.7. The van der Waals surface area contributed by atoms with Crippen LogP contribution in [0.15, 0.2) is 0 Å². The SMILES string of the molecule is CCCCCCCCCCCCC[C@H](C[C@H](C[C@H](CC(C)=O)O[Si]([Si](C)(C)C)([Si](C)(C)C)[Si](C)(C)C)O[Si]([Si](C)(C)C)([Si](C)(C)C)[Si](C)(C)C)O[Si]([Si](C)(C)C)([Si](C)(C)C)[Si](C)(C)C. The van der Waals surface area contributed by atoms with Crippen molar-refractivity contribution in [1.29, 1.82) is 0 Å². The lowest BCUT2D eigenvalue weighted by Gasteiger charge is -2.59. The quantitative estimate of drug-likeness (QED) is 0.0485. The highest BCUT2D eigenvalue weighted by Crippen LogP contribution is 2.45. The summed E-state index contributed by atoms with van der Waals surface area (Å²) in [5, 5.41) is 0. The molecule has 0 aromatic carbocycles. The minimum atomic E-state index is -2.25. The fourth-order valence-electron chi connectivity index (χ4n) is 16.0. The Kier molecular flexibility index (Phi) is 25.5. The highest BCUT2D eigenvalue weighted by molar-refractivity contribution is 7.88. The van der Waals surface area contributed by atoms with E-state index < -0.39 is 88.9 Å². The normalized spacial score (nSPS) is 16.6. The molecule has 0 saturated heterocycles. The van der Waals surface area contributed by atoms with Crippen molar-refractivity contribution in [3.8, 4) is 0 Å². The van der Waals surface area contributed by atoms with Crippen LogP contribution >= 0.6 is 0 Å². The van der Waals surface area contributed by atoms with Crippen LogP contribution in [-0.4, -0.2) is 113 Å². The number of carbonyl (C=O) groups excluding carboxylic acids is 1. The summed E-state index contributed by atoms with van der Waals surface area (Å²) in [6.45, 7) is 69.8. The smallest absolute Gasteiger partial charge is 0.158 e. The molecule has 0 aromatic heterocycles. The van der Waals surface area contributed by atoms with Crippen LogP contribution in [0.1, 0.15) is 110 Å². The molecular weight excluding hydrogens is 978 g/mol. The standard InChI is InChI=1S/C48H120O4Si12/c1-30-31-32-33-34-35-36-37-38-39-40-41-46(50-62(53(3,4)5,54(6,7)8)55(9,10)11)43-48(52-64(59(21,22)23,60(24,25)26)61(27,28)29)44-47(42-45(2)49)51-63(56(12,13)14,57(15,16)17)58(18,19)20/h46-48H,30-44H2,1-29H3/t46-,47+,48-/m1/s1. The van der Waals surface area contributed by atoms with Gasteiger partial charge in [-0.25, -0.2) is 0 Å². The van der Waals surface area contributed by atoms with Crippen molar-refractivity contribution in [2.45, 2.75) is 305 Å². The highest BCUT2D eigenvalue weighted by Gasteiger charge is 2.68. The lowest BCUT2D eigenvalue weighted by molar-refractivity contribution is -0.118. The number of ketones is 1. The van der Waals surface area contributed by atoms with Crippen molar-refractivity contribution in [3.05, 3.63) is 0 Å². The average Bonchev–Trinajstić information content (AvgIpc) is 3.01. The molecule has 0 radical (unpaired) electrons. The van der Waals surface area contributed by atoms with Crippen LogP contribution in [0, 0.1) is 0 Å². The van der Waals surface area contributed by atoms with Gasteiger partial charge in [-0.15, -0.1) is 0 Å². The van der Waals surface area contributed by atoms with Gasteiger partial charge in [-0.05, 0) is 26.2 Å². The molecule has 0 aliphatic carbocycles. The zero-order chi connectivity index (χ0) is 51.0. The third kappa shape index (κ3) is 16.9. The summed E-state index contributed by atoms with van der Waals surface area (Å²) in [6.07, 6.45) is 18.8. The van der Waals surface area contributed by atoms with Crippen molar-refractivity contribution in [2.75, 3.05) is 0 Å². The van der Waals surface area contributed by atoms with Crippen LogP contribution < -0.4 is 0 Å². The summed E-state index contributed by atoms with van der Waals surface area (Å²) >= 11 is 0. The van der Waals surface area contributed by atoms with E-state index in [-0.39, 0.29) is 24.1 Å². The Bertz CT molecular complexity index is 1270. The number of carbonyl (C=O) groups is 1. The lowest BCUT2D eigenvalue weighted by atomic mass is 9.99. The van der Waals surface area contributed by atoms with E-state index in [1.165, 1.54) is 70.6 Å². The first kappa shape index (κ1) is 66.2. The third-order valence-electron chi connectivity index (χ3n) is 15.2. The minimum Gasteiger partial charge on any atom is -0.423 e. The summed E-state index contributed by atoms with van der Waals surface area (Å²) in [6, 6.07) is 0. The van der Waals surface area contributed by atoms with E-state index in [9.17, 15) is 4.79 Å². The Morgan fingerprint density at radius 2 is 0.547 bits per heavy atom. The van der Waals surface area contributed by atoms with Crippen LogP contribution in [0.4, 0.5) is 0 Å². The molecule has 0 rings (SSSR count). The average molecular weight is 1100 g/mol. The largest absolute Gasteiger partial charge is 0.423 e. The maximum absolute atomic E-state index is 13.7. The van der Waals surface area contributed by atoms with E-state index in [1.54, 1.807) is 0 Å². The molecule has 0 aliphatic heterocycles. The van der Waals surface area contributed by atoms with Crippen LogP contribution in [0.3, 0.4) is 0 Å². The number of hydrogen-bond donors (Lipinski definition) is 0. The van der Waals surface area contributed by atoms with Crippen molar-refractivity contribution in [3.63, 3.8) is 0 Å². The van der Waals surface area contributed by atoms with E-state index in [0.29, 0.717) is 6.42 Å². The highest BCUT2D eigenvalue weighted by atomic mass is 29.9. The van der Waals surface area contributed by atoms with Gasteiger partial charge in [0, 0.05) is 18.6 Å². The molecular formula is C48H120O4Si12. The van der Waals surface area contributed by atoms with Gasteiger partial charge < -0.3 is 13.3 Å². The zero-order valence-electron chi connectivity index (χ0n) is 49.5. The molecule has 384 valence electrons. The lowest BCUT2D eigenvalue weighted by Crippen LogP contribution is -2.85. The molecule has 3 atom stereocenters. The van der Waals surface area contributed by atoms with Crippen LogP contribution in [0.2, 0.25) is 177 Å². The molecule has 4 nitrogen and oxygen atoms in total. The first-order valence-electron chi connectivity index (χ1n) is 26.8. The van der Waals surface area contributed by atoms with Gasteiger partial charge in [-0.1, -0.05) is 254 Å². The predicted molar refractivity (Wildman–Crippen MR) is 328 cm³/mol. The van der Waals surface area contributed by atoms with Crippen LogP contribution in [0.25, 0.3) is 0 Å². The van der Waals surface area contributed by atoms with Crippen molar-refractivity contribution in [2.24, 2.45) is 0 Å². The molecule has 0 fully saturated rings. The van der Waals surface area contributed by atoms with Gasteiger partial charge in [0.25, 0.3) is 0 Å². The number of rotatable bonds is 33. The summed E-state index contributed by atoms with van der Waals surface area (Å²) < 4.78 is 25.3. The Morgan fingerprint density at radius 1 is 0.328 bits per heavy atom. The summed E-state index contributed by atoms with van der Waals surface area (Å²) in [5.74, 6) is 0.286. The van der Waals surface area contributed by atoms with Gasteiger partial charge in [0.05, 0.1) is 74.4 Å². The van der Waals surface area contributed by atoms with E-state index in [2.05, 4.69) is 184 Å². The second-order valence-corrected chi connectivity index (χ2v) is 149. The van der Waals surface area contributed by atoms with Gasteiger partial charge in [-0.3, -0.25) is 4.79 Å². The topological polar surface area (TPSA) is 44.8 Å². The molecule has 0 heterocycles. The van der Waals surface area contributed by atoms with Gasteiger partial charge in [0.2, 0.25) is 0 Å². The van der Waals surface area contributed by atoms with Gasteiger partial charge in [0.1, 0.15) is 5.78 Å². The second kappa shape index (κ2) is 24.7. The number of hydrogen-bond acceptors (Lipinski definition) is 4. The first-order valence-corrected chi connectivity index (χ1v) is 73.0. The predicted octanol–water partition coefficient (Wildman–Crippen LogP) is 17.2. The fraction of sp³-hybridized carbons (Fsp3) is 0.979. The van der Waals surface area contributed by atoms with Gasteiger partial charge >= 0.3 is 0 Å². The van der Waals surface area contributed by atoms with E-state index in [0.717, 1.165) is 19.3 Å². The van der Waals surface area contributed by atoms with E-state index in [1.807, 2.05) is 6.92 Å². The fourth-order valence-corrected chi connectivity index (χ4v) is 299. The molecule has 0 bridgehead atoms. The van der Waals surface area contributed by atoms with Crippen LogP contribution in [-0.2, 0) is 18.1 Å². The molecule has 0 aliphatic rings. The molecule has 64 heavy (non-hydrogen) atoms. The molecule has 0 unspecified atom stereocenters. The minimum absolute atomic E-state index is 0.0621. The molecule has 16 heteroatoms. The van der Waals surface area contributed by atoms with Crippen LogP contribution in [0.5, 0.6) is 0 Å². The first-order chi connectivity index (χ1) is 28.3. The molecule has 0 saturated carbocycles. The van der Waals surface area contributed by atoms with Crippen molar-refractivity contribution < 1.29 is 18.1 Å². The van der Waals surface area contributed by atoms with E-state index >= 15 is 0 Å². The molecule has 0 spiro atoms.